The fourth-order valence-corrected chi connectivity index (χ4v) is 4.29. The number of pyridine rings is 2. The SMILES string of the molecule is CC(C)Oc1ncccc1OC[C@H]1CCCNC1.CC(C)Oc1ncccc1OC[C@H]1CCCNC1.O=C(O)/C=C/C(=O)O. The number of nitrogens with zero attached hydrogens (tertiary/aromatic N) is 2. The zero-order chi connectivity index (χ0) is 32.2. The predicted molar refractivity (Wildman–Crippen MR) is 167 cm³/mol. The van der Waals surface area contributed by atoms with Crippen molar-refractivity contribution in [3.63, 3.8) is 0 Å². The summed E-state index contributed by atoms with van der Waals surface area (Å²) in [5, 5.41) is 22.4. The highest BCUT2D eigenvalue weighted by molar-refractivity contribution is 5.89. The zero-order valence-electron chi connectivity index (χ0n) is 26.2. The van der Waals surface area contributed by atoms with Crippen LogP contribution in [0, 0.1) is 11.8 Å². The van der Waals surface area contributed by atoms with Gasteiger partial charge in [-0.3, -0.25) is 0 Å². The lowest BCUT2D eigenvalue weighted by atomic mass is 10.0. The van der Waals surface area contributed by atoms with Crippen LogP contribution in [0.1, 0.15) is 53.4 Å². The van der Waals surface area contributed by atoms with Gasteiger partial charge in [-0.15, -0.1) is 0 Å². The van der Waals surface area contributed by atoms with Gasteiger partial charge in [-0.25, -0.2) is 19.6 Å². The maximum Gasteiger partial charge on any atom is 0.328 e. The lowest BCUT2D eigenvalue weighted by Gasteiger charge is -2.23. The summed E-state index contributed by atoms with van der Waals surface area (Å²) in [5.74, 6) is 1.34. The second-order valence-electron chi connectivity index (χ2n) is 11.0. The number of carboxylic acid groups (broad SMARTS) is 2. The maximum absolute atomic E-state index is 9.55. The van der Waals surface area contributed by atoms with E-state index in [9.17, 15) is 9.59 Å². The Bertz CT molecular complexity index is 1050. The molecule has 0 aromatic carbocycles. The van der Waals surface area contributed by atoms with E-state index in [-0.39, 0.29) is 12.2 Å². The van der Waals surface area contributed by atoms with Gasteiger partial charge in [0.05, 0.1) is 25.4 Å². The summed E-state index contributed by atoms with van der Waals surface area (Å²) in [6, 6.07) is 7.59. The molecule has 12 heteroatoms. The van der Waals surface area contributed by atoms with Gasteiger partial charge in [0.2, 0.25) is 0 Å². The average molecular weight is 617 g/mol. The molecule has 2 atom stereocenters. The van der Waals surface area contributed by atoms with Crippen LogP contribution in [-0.4, -0.2) is 83.7 Å². The number of carbonyl (C=O) groups is 2. The van der Waals surface area contributed by atoms with E-state index in [0.29, 0.717) is 35.7 Å². The number of carboxylic acids is 2. The zero-order valence-corrected chi connectivity index (χ0v) is 26.2. The molecule has 44 heavy (non-hydrogen) atoms. The predicted octanol–water partition coefficient (Wildman–Crippen LogP) is 4.21. The maximum atomic E-state index is 9.55. The number of hydrogen-bond acceptors (Lipinski definition) is 10. The molecular weight excluding hydrogens is 568 g/mol. The van der Waals surface area contributed by atoms with Gasteiger partial charge in [0.15, 0.2) is 11.5 Å². The van der Waals surface area contributed by atoms with Gasteiger partial charge in [-0.05, 0) is 90.7 Å². The van der Waals surface area contributed by atoms with E-state index in [1.165, 1.54) is 25.7 Å². The van der Waals surface area contributed by atoms with Crippen molar-refractivity contribution in [1.29, 1.82) is 0 Å². The Hall–Kier alpha value is -3.90. The number of piperidine rings is 2. The second kappa shape index (κ2) is 20.9. The van der Waals surface area contributed by atoms with Crippen LogP contribution in [-0.2, 0) is 9.59 Å². The number of aliphatic carboxylic acids is 2. The summed E-state index contributed by atoms with van der Waals surface area (Å²) in [6.07, 6.45) is 9.72. The Morgan fingerprint density at radius 3 is 1.52 bits per heavy atom. The third kappa shape index (κ3) is 16.1. The van der Waals surface area contributed by atoms with Crippen LogP contribution >= 0.6 is 0 Å². The Labute approximate surface area is 260 Å². The van der Waals surface area contributed by atoms with Gasteiger partial charge < -0.3 is 39.8 Å². The molecule has 0 bridgehead atoms. The van der Waals surface area contributed by atoms with E-state index in [1.54, 1.807) is 12.4 Å². The first kappa shape index (κ1) is 36.3. The quantitative estimate of drug-likeness (QED) is 0.252. The van der Waals surface area contributed by atoms with E-state index >= 15 is 0 Å². The lowest BCUT2D eigenvalue weighted by molar-refractivity contribution is -0.134. The summed E-state index contributed by atoms with van der Waals surface area (Å²) in [5.41, 5.74) is 0. The van der Waals surface area contributed by atoms with Crippen LogP contribution in [0.4, 0.5) is 0 Å². The highest BCUT2D eigenvalue weighted by Crippen LogP contribution is 2.26. The molecule has 0 unspecified atom stereocenters. The van der Waals surface area contributed by atoms with Crippen molar-refractivity contribution in [3.05, 3.63) is 48.8 Å². The normalized spacial score (nSPS) is 18.0. The van der Waals surface area contributed by atoms with Crippen LogP contribution in [0.2, 0.25) is 0 Å². The van der Waals surface area contributed by atoms with Gasteiger partial charge in [-0.1, -0.05) is 0 Å². The molecule has 0 amide bonds. The van der Waals surface area contributed by atoms with Gasteiger partial charge in [0, 0.05) is 49.5 Å². The number of nitrogens with one attached hydrogen (secondary N) is 2. The summed E-state index contributed by atoms with van der Waals surface area (Å²) in [7, 11) is 0. The molecule has 2 aliphatic rings. The molecule has 2 saturated heterocycles. The molecule has 4 heterocycles. The van der Waals surface area contributed by atoms with Crippen molar-refractivity contribution in [1.82, 2.24) is 20.6 Å². The van der Waals surface area contributed by atoms with E-state index in [0.717, 1.165) is 50.9 Å². The standard InChI is InChI=1S/2C14H22N2O2.C4H4O4/c2*1-11(2)18-14-13(6-4-8-16-14)17-10-12-5-3-7-15-9-12;5-3(6)1-2-4(7)8/h2*4,6,8,11-12,15H,3,5,7,9-10H2,1-2H3;1-2H,(H,5,6)(H,7,8)/b;;2-1+/t2*12-;/m00./s1. The summed E-state index contributed by atoms with van der Waals surface area (Å²) in [6.45, 7) is 13.8. The summed E-state index contributed by atoms with van der Waals surface area (Å²) in [4.78, 5) is 27.5. The number of rotatable bonds is 12. The summed E-state index contributed by atoms with van der Waals surface area (Å²) >= 11 is 0. The van der Waals surface area contributed by atoms with Crippen LogP contribution in [0.5, 0.6) is 23.3 Å². The van der Waals surface area contributed by atoms with Crippen molar-refractivity contribution in [2.75, 3.05) is 39.4 Å². The number of aromatic nitrogens is 2. The van der Waals surface area contributed by atoms with Crippen molar-refractivity contribution < 1.29 is 38.7 Å². The van der Waals surface area contributed by atoms with E-state index in [4.69, 9.17) is 29.2 Å². The minimum absolute atomic E-state index is 0.110. The fraction of sp³-hybridized carbons (Fsp3) is 0.562. The van der Waals surface area contributed by atoms with Gasteiger partial charge >= 0.3 is 11.9 Å². The van der Waals surface area contributed by atoms with E-state index < -0.39 is 11.9 Å². The molecule has 4 N–H and O–H groups in total. The molecule has 12 nitrogen and oxygen atoms in total. The third-order valence-corrected chi connectivity index (χ3v) is 6.28. The van der Waals surface area contributed by atoms with Crippen LogP contribution in [0.3, 0.4) is 0 Å². The molecular formula is C32H48N4O8. The topological polar surface area (TPSA) is 161 Å². The van der Waals surface area contributed by atoms with Gasteiger partial charge in [0.1, 0.15) is 0 Å². The first-order valence-corrected chi connectivity index (χ1v) is 15.2. The molecule has 0 saturated carbocycles. The lowest BCUT2D eigenvalue weighted by Crippen LogP contribution is -2.33. The van der Waals surface area contributed by atoms with Crippen LogP contribution in [0.25, 0.3) is 0 Å². The average Bonchev–Trinajstić information content (AvgIpc) is 3.00. The smallest absolute Gasteiger partial charge is 0.328 e. The largest absolute Gasteiger partial charge is 0.488 e. The summed E-state index contributed by atoms with van der Waals surface area (Å²) < 4.78 is 23.0. The van der Waals surface area contributed by atoms with Gasteiger partial charge in [0.25, 0.3) is 11.8 Å². The van der Waals surface area contributed by atoms with Crippen molar-refractivity contribution in [2.45, 2.75) is 65.6 Å². The molecule has 2 aliphatic heterocycles. The minimum atomic E-state index is -1.26. The molecule has 0 radical (unpaired) electrons. The van der Waals surface area contributed by atoms with Crippen molar-refractivity contribution in [3.8, 4) is 23.3 Å². The third-order valence-electron chi connectivity index (χ3n) is 6.28. The van der Waals surface area contributed by atoms with E-state index in [2.05, 4.69) is 20.6 Å². The Balaban J connectivity index is 0.000000248. The van der Waals surface area contributed by atoms with Crippen molar-refractivity contribution >= 4 is 11.9 Å². The molecule has 0 aliphatic carbocycles. The van der Waals surface area contributed by atoms with Crippen LogP contribution in [0.15, 0.2) is 48.8 Å². The fourth-order valence-electron chi connectivity index (χ4n) is 4.29. The highest BCUT2D eigenvalue weighted by Gasteiger charge is 2.16. The minimum Gasteiger partial charge on any atom is -0.488 e. The first-order valence-electron chi connectivity index (χ1n) is 15.2. The molecule has 2 aromatic heterocycles. The monoisotopic (exact) mass is 616 g/mol. The molecule has 4 rings (SSSR count). The first-order chi connectivity index (χ1) is 21.1. The van der Waals surface area contributed by atoms with Gasteiger partial charge in [-0.2, -0.15) is 0 Å². The molecule has 2 aromatic rings. The Morgan fingerprint density at radius 2 is 1.20 bits per heavy atom. The second-order valence-corrected chi connectivity index (χ2v) is 11.0. The Kier molecular flexibility index (Phi) is 17.2. The molecule has 2 fully saturated rings. The van der Waals surface area contributed by atoms with Crippen LogP contribution < -0.4 is 29.6 Å². The number of hydrogen-bond donors (Lipinski definition) is 4. The highest BCUT2D eigenvalue weighted by atomic mass is 16.5. The molecule has 0 spiro atoms. The Morgan fingerprint density at radius 1 is 0.795 bits per heavy atom. The number of ether oxygens (including phenoxy) is 4. The molecule has 244 valence electrons. The van der Waals surface area contributed by atoms with E-state index in [1.807, 2.05) is 52.0 Å². The van der Waals surface area contributed by atoms with Crippen molar-refractivity contribution in [2.24, 2.45) is 11.8 Å².